The maximum atomic E-state index is 14.0. The van der Waals surface area contributed by atoms with Crippen LogP contribution in [0.4, 0.5) is 10.1 Å². The second-order valence-corrected chi connectivity index (χ2v) is 7.60. The van der Waals surface area contributed by atoms with Gasteiger partial charge in [-0.1, -0.05) is 12.1 Å². The maximum absolute atomic E-state index is 14.0. The van der Waals surface area contributed by atoms with Crippen molar-refractivity contribution in [2.45, 2.75) is 25.0 Å². The Bertz CT molecular complexity index is 668. The molecule has 3 saturated heterocycles. The van der Waals surface area contributed by atoms with Crippen molar-refractivity contribution in [2.24, 2.45) is 4.99 Å². The Labute approximate surface area is 184 Å². The first-order chi connectivity index (χ1) is 13.2. The van der Waals surface area contributed by atoms with Crippen molar-refractivity contribution in [1.29, 1.82) is 0 Å². The highest BCUT2D eigenvalue weighted by atomic mass is 127. The summed E-state index contributed by atoms with van der Waals surface area (Å²) in [6.45, 7) is 7.08. The van der Waals surface area contributed by atoms with E-state index in [1.54, 1.807) is 6.07 Å². The number of nitrogens with zero attached hydrogens (tertiary/aromatic N) is 4. The lowest BCUT2D eigenvalue weighted by Crippen LogP contribution is -2.55. The predicted molar refractivity (Wildman–Crippen MR) is 121 cm³/mol. The summed E-state index contributed by atoms with van der Waals surface area (Å²) in [6.07, 6.45) is 2.78. The molecule has 4 rings (SSSR count). The lowest BCUT2D eigenvalue weighted by Gasteiger charge is -2.39. The number of para-hydroxylation sites is 1. The van der Waals surface area contributed by atoms with E-state index >= 15 is 0 Å². The molecule has 1 aromatic rings. The number of ether oxygens (including phenoxy) is 1. The molecule has 0 amide bonds. The molecule has 3 heterocycles. The van der Waals surface area contributed by atoms with Crippen molar-refractivity contribution in [3.05, 3.63) is 30.1 Å². The van der Waals surface area contributed by atoms with E-state index in [-0.39, 0.29) is 35.9 Å². The van der Waals surface area contributed by atoms with Crippen LogP contribution < -0.4 is 10.2 Å². The number of fused-ring (bicyclic) bond motifs is 1. The quantitative estimate of drug-likeness (QED) is 0.389. The molecule has 6 nitrogen and oxygen atoms in total. The van der Waals surface area contributed by atoms with E-state index in [2.05, 4.69) is 25.0 Å². The van der Waals surface area contributed by atoms with Gasteiger partial charge in [0.25, 0.3) is 0 Å². The number of guanidine groups is 1. The summed E-state index contributed by atoms with van der Waals surface area (Å²) in [6, 6.07) is 7.63. The van der Waals surface area contributed by atoms with Gasteiger partial charge in [-0.05, 0) is 31.5 Å². The highest BCUT2D eigenvalue weighted by molar-refractivity contribution is 14.0. The molecule has 0 aliphatic carbocycles. The lowest BCUT2D eigenvalue weighted by molar-refractivity contribution is -0.0454. The lowest BCUT2D eigenvalue weighted by atomic mass is 10.2. The van der Waals surface area contributed by atoms with E-state index in [4.69, 9.17) is 4.74 Å². The molecule has 156 valence electrons. The van der Waals surface area contributed by atoms with Gasteiger partial charge in [0, 0.05) is 52.4 Å². The number of morpholine rings is 1. The molecule has 3 aliphatic rings. The minimum atomic E-state index is -0.150. The Morgan fingerprint density at radius 3 is 2.75 bits per heavy atom. The Kier molecular flexibility index (Phi) is 7.76. The topological polar surface area (TPSA) is 43.3 Å². The van der Waals surface area contributed by atoms with Gasteiger partial charge in [0.1, 0.15) is 5.82 Å². The van der Waals surface area contributed by atoms with Crippen LogP contribution in [0.25, 0.3) is 0 Å². The minimum Gasteiger partial charge on any atom is -0.373 e. The summed E-state index contributed by atoms with van der Waals surface area (Å²) in [5, 5.41) is 3.49. The molecule has 28 heavy (non-hydrogen) atoms. The highest BCUT2D eigenvalue weighted by Crippen LogP contribution is 2.22. The Morgan fingerprint density at radius 1 is 1.21 bits per heavy atom. The Morgan fingerprint density at radius 2 is 2.00 bits per heavy atom. The van der Waals surface area contributed by atoms with Crippen molar-refractivity contribution in [3.8, 4) is 0 Å². The molecular weight excluding hydrogens is 472 g/mol. The van der Waals surface area contributed by atoms with Gasteiger partial charge >= 0.3 is 0 Å². The molecule has 3 aliphatic heterocycles. The molecule has 1 N–H and O–H groups in total. The van der Waals surface area contributed by atoms with E-state index in [9.17, 15) is 4.39 Å². The summed E-state index contributed by atoms with van der Waals surface area (Å²) in [7, 11) is 1.82. The number of nitrogens with one attached hydrogen (secondary N) is 1. The zero-order valence-corrected chi connectivity index (χ0v) is 18.8. The minimum absolute atomic E-state index is 0. The first-order valence-electron chi connectivity index (χ1n) is 10.1. The van der Waals surface area contributed by atoms with E-state index < -0.39 is 0 Å². The molecule has 0 saturated carbocycles. The van der Waals surface area contributed by atoms with Gasteiger partial charge in [0.2, 0.25) is 0 Å². The highest BCUT2D eigenvalue weighted by Gasteiger charge is 2.32. The summed E-state index contributed by atoms with van der Waals surface area (Å²) < 4.78 is 20.0. The largest absolute Gasteiger partial charge is 0.373 e. The third-order valence-electron chi connectivity index (χ3n) is 5.93. The maximum Gasteiger partial charge on any atom is 0.193 e. The van der Waals surface area contributed by atoms with Gasteiger partial charge in [-0.25, -0.2) is 4.39 Å². The summed E-state index contributed by atoms with van der Waals surface area (Å²) in [5.41, 5.74) is 0.691. The number of hydrogen-bond donors (Lipinski definition) is 1. The summed E-state index contributed by atoms with van der Waals surface area (Å²) in [5.74, 6) is 0.762. The first-order valence-corrected chi connectivity index (χ1v) is 10.1. The number of anilines is 1. The van der Waals surface area contributed by atoms with E-state index in [1.807, 2.05) is 19.2 Å². The van der Waals surface area contributed by atoms with Crippen LogP contribution in [0, 0.1) is 5.82 Å². The average Bonchev–Trinajstić information content (AvgIpc) is 3.17. The third-order valence-corrected chi connectivity index (χ3v) is 5.93. The number of rotatable bonds is 3. The van der Waals surface area contributed by atoms with Crippen LogP contribution in [0.15, 0.2) is 29.3 Å². The van der Waals surface area contributed by atoms with Crippen molar-refractivity contribution >= 4 is 35.6 Å². The normalized spacial score (nSPS) is 26.0. The van der Waals surface area contributed by atoms with Crippen LogP contribution in [-0.4, -0.2) is 87.4 Å². The molecule has 2 atom stereocenters. The number of piperazine rings is 1. The van der Waals surface area contributed by atoms with Crippen molar-refractivity contribution in [1.82, 2.24) is 15.1 Å². The second-order valence-electron chi connectivity index (χ2n) is 7.60. The summed E-state index contributed by atoms with van der Waals surface area (Å²) >= 11 is 0. The second kappa shape index (κ2) is 10.1. The molecule has 0 aromatic heterocycles. The number of halogens is 2. The van der Waals surface area contributed by atoms with Crippen LogP contribution in [0.5, 0.6) is 0 Å². The van der Waals surface area contributed by atoms with Gasteiger partial charge in [0.05, 0.1) is 18.4 Å². The smallest absolute Gasteiger partial charge is 0.193 e. The zero-order chi connectivity index (χ0) is 18.6. The predicted octanol–water partition coefficient (Wildman–Crippen LogP) is 2.00. The van der Waals surface area contributed by atoms with Crippen LogP contribution in [0.2, 0.25) is 0 Å². The molecule has 8 heteroatoms. The third kappa shape index (κ3) is 4.88. The molecule has 0 spiro atoms. The Hall–Kier alpha value is -1.13. The van der Waals surface area contributed by atoms with Crippen molar-refractivity contribution in [3.63, 3.8) is 0 Å². The van der Waals surface area contributed by atoms with Gasteiger partial charge in [-0.2, -0.15) is 0 Å². The number of benzene rings is 1. The van der Waals surface area contributed by atoms with Gasteiger partial charge < -0.3 is 19.9 Å². The van der Waals surface area contributed by atoms with Gasteiger partial charge in [0.15, 0.2) is 5.96 Å². The average molecular weight is 503 g/mol. The van der Waals surface area contributed by atoms with Gasteiger partial charge in [-0.3, -0.25) is 9.89 Å². The van der Waals surface area contributed by atoms with Crippen LogP contribution >= 0.6 is 24.0 Å². The van der Waals surface area contributed by atoms with Crippen LogP contribution in [0.1, 0.15) is 12.8 Å². The summed E-state index contributed by atoms with van der Waals surface area (Å²) in [4.78, 5) is 11.4. The van der Waals surface area contributed by atoms with Crippen LogP contribution in [-0.2, 0) is 4.74 Å². The fourth-order valence-corrected chi connectivity index (χ4v) is 4.41. The SMILES string of the molecule is CN=C(NCC1CN2CCCC2CO1)N1CCN(c2ccccc2F)CC1.I. The van der Waals surface area contributed by atoms with E-state index in [0.717, 1.165) is 51.8 Å². The first kappa shape index (κ1) is 21.6. The van der Waals surface area contributed by atoms with E-state index in [0.29, 0.717) is 11.7 Å². The van der Waals surface area contributed by atoms with Gasteiger partial charge in [-0.15, -0.1) is 24.0 Å². The number of aliphatic imine (C=N–C) groups is 1. The fraction of sp³-hybridized carbons (Fsp3) is 0.650. The Balaban J connectivity index is 0.00000225. The molecule has 1 aromatic carbocycles. The molecule has 2 unspecified atom stereocenters. The van der Waals surface area contributed by atoms with Crippen molar-refractivity contribution in [2.75, 3.05) is 64.4 Å². The monoisotopic (exact) mass is 503 g/mol. The number of hydrogen-bond acceptors (Lipinski definition) is 4. The molecule has 0 bridgehead atoms. The van der Waals surface area contributed by atoms with Crippen LogP contribution in [0.3, 0.4) is 0 Å². The fourth-order valence-electron chi connectivity index (χ4n) is 4.41. The van der Waals surface area contributed by atoms with E-state index in [1.165, 1.54) is 25.5 Å². The van der Waals surface area contributed by atoms with Crippen molar-refractivity contribution < 1.29 is 9.13 Å². The molecule has 3 fully saturated rings. The zero-order valence-electron chi connectivity index (χ0n) is 16.5. The molecular formula is C20H31FIN5O. The molecule has 0 radical (unpaired) electrons. The standard InChI is InChI=1S/C20H30FN5O.HI/c1-22-20(23-13-17-14-26-8-4-5-16(26)15-27-17)25-11-9-24(10-12-25)19-7-3-2-6-18(19)21;/h2-3,6-7,16-17H,4-5,8-15H2,1H3,(H,22,23);1H.